The molecule has 0 bridgehead atoms. The highest BCUT2D eigenvalue weighted by Crippen LogP contribution is 2.26. The minimum absolute atomic E-state index is 0.0347. The summed E-state index contributed by atoms with van der Waals surface area (Å²) in [6.07, 6.45) is 2.53. The second kappa shape index (κ2) is 6.41. The van der Waals surface area contributed by atoms with E-state index in [4.69, 9.17) is 5.11 Å². The maximum atomic E-state index is 12.1. The van der Waals surface area contributed by atoms with Gasteiger partial charge in [0.15, 0.2) is 0 Å². The van der Waals surface area contributed by atoms with Crippen LogP contribution in [0.15, 0.2) is 30.3 Å². The van der Waals surface area contributed by atoms with Gasteiger partial charge >= 0.3 is 12.0 Å². The van der Waals surface area contributed by atoms with Crippen LogP contribution in [0.2, 0.25) is 0 Å². The molecule has 1 aliphatic carbocycles. The van der Waals surface area contributed by atoms with Gasteiger partial charge < -0.3 is 15.3 Å². The van der Waals surface area contributed by atoms with E-state index in [1.54, 1.807) is 11.9 Å². The van der Waals surface area contributed by atoms with Gasteiger partial charge in [-0.3, -0.25) is 4.79 Å². The lowest BCUT2D eigenvalue weighted by molar-refractivity contribution is -0.137. The van der Waals surface area contributed by atoms with E-state index >= 15 is 0 Å². The Morgan fingerprint density at radius 3 is 2.55 bits per heavy atom. The molecular weight excluding hydrogens is 256 g/mol. The molecular formula is C15H20N2O3. The molecule has 1 unspecified atom stereocenters. The summed E-state index contributed by atoms with van der Waals surface area (Å²) < 4.78 is 0. The predicted octanol–water partition coefficient (Wildman–Crippen LogP) is 2.40. The highest BCUT2D eigenvalue weighted by atomic mass is 16.4. The third kappa shape index (κ3) is 3.98. The molecule has 0 heterocycles. The molecule has 2 amide bonds. The van der Waals surface area contributed by atoms with Crippen LogP contribution in [0.3, 0.4) is 0 Å². The minimum atomic E-state index is -0.851. The van der Waals surface area contributed by atoms with Gasteiger partial charge in [0.2, 0.25) is 0 Å². The molecule has 20 heavy (non-hydrogen) atoms. The first-order valence-corrected chi connectivity index (χ1v) is 6.88. The van der Waals surface area contributed by atoms with Crippen LogP contribution in [0.1, 0.15) is 37.3 Å². The van der Waals surface area contributed by atoms with E-state index in [2.05, 4.69) is 5.32 Å². The zero-order valence-corrected chi connectivity index (χ0v) is 11.6. The van der Waals surface area contributed by atoms with Crippen LogP contribution >= 0.6 is 0 Å². The summed E-state index contributed by atoms with van der Waals surface area (Å²) in [6, 6.07) is 9.43. The van der Waals surface area contributed by atoms with Crippen molar-refractivity contribution in [3.05, 3.63) is 35.9 Å². The predicted molar refractivity (Wildman–Crippen MR) is 75.4 cm³/mol. The van der Waals surface area contributed by atoms with Crippen molar-refractivity contribution in [3.63, 3.8) is 0 Å². The molecule has 5 heteroatoms. The molecule has 108 valence electrons. The van der Waals surface area contributed by atoms with Crippen LogP contribution in [0, 0.1) is 0 Å². The first-order valence-electron chi connectivity index (χ1n) is 6.88. The second-order valence-corrected chi connectivity index (χ2v) is 5.19. The van der Waals surface area contributed by atoms with Crippen molar-refractivity contribution in [1.29, 1.82) is 0 Å². The zero-order valence-electron chi connectivity index (χ0n) is 11.6. The summed E-state index contributed by atoms with van der Waals surface area (Å²) in [5.41, 5.74) is 0.936. The van der Waals surface area contributed by atoms with Crippen molar-refractivity contribution >= 4 is 12.0 Å². The van der Waals surface area contributed by atoms with Gasteiger partial charge in [0.1, 0.15) is 0 Å². The minimum Gasteiger partial charge on any atom is -0.481 e. The Balaban J connectivity index is 2.01. The lowest BCUT2D eigenvalue weighted by Crippen LogP contribution is -2.40. The Morgan fingerprint density at radius 2 is 2.00 bits per heavy atom. The SMILES string of the molecule is CN(C(=O)NC(CCC(=O)O)c1ccccc1)C1CC1. The fraction of sp³-hybridized carbons (Fsp3) is 0.467. The number of nitrogens with zero attached hydrogens (tertiary/aromatic N) is 1. The molecule has 1 fully saturated rings. The first-order chi connectivity index (χ1) is 9.58. The number of carbonyl (C=O) groups is 2. The molecule has 2 N–H and O–H groups in total. The number of nitrogens with one attached hydrogen (secondary N) is 1. The van der Waals surface area contributed by atoms with Crippen LogP contribution < -0.4 is 5.32 Å². The average Bonchev–Trinajstić information content (AvgIpc) is 3.27. The molecule has 0 radical (unpaired) electrons. The van der Waals surface area contributed by atoms with Gasteiger partial charge in [-0.15, -0.1) is 0 Å². The number of aliphatic carboxylic acids is 1. The lowest BCUT2D eigenvalue weighted by atomic mass is 10.0. The van der Waals surface area contributed by atoms with Gasteiger partial charge in [-0.1, -0.05) is 30.3 Å². The van der Waals surface area contributed by atoms with Crippen molar-refractivity contribution in [2.75, 3.05) is 7.05 Å². The van der Waals surface area contributed by atoms with E-state index in [-0.39, 0.29) is 18.5 Å². The number of hydrogen-bond acceptors (Lipinski definition) is 2. The van der Waals surface area contributed by atoms with Crippen LogP contribution in [-0.4, -0.2) is 35.1 Å². The monoisotopic (exact) mass is 276 g/mol. The Kier molecular flexibility index (Phi) is 4.61. The van der Waals surface area contributed by atoms with Gasteiger partial charge in [0, 0.05) is 19.5 Å². The molecule has 0 aliphatic heterocycles. The number of carboxylic acids is 1. The molecule has 1 aliphatic rings. The van der Waals surface area contributed by atoms with Gasteiger partial charge in [-0.2, -0.15) is 0 Å². The van der Waals surface area contributed by atoms with E-state index in [0.29, 0.717) is 12.5 Å². The molecule has 0 spiro atoms. The van der Waals surface area contributed by atoms with Crippen LogP contribution in [0.4, 0.5) is 4.79 Å². The van der Waals surface area contributed by atoms with Crippen molar-refractivity contribution in [2.24, 2.45) is 0 Å². The third-order valence-electron chi connectivity index (χ3n) is 3.56. The Morgan fingerprint density at radius 1 is 1.35 bits per heavy atom. The van der Waals surface area contributed by atoms with Crippen molar-refractivity contribution in [3.8, 4) is 0 Å². The topological polar surface area (TPSA) is 69.6 Å². The number of carbonyl (C=O) groups excluding carboxylic acids is 1. The summed E-state index contributed by atoms with van der Waals surface area (Å²) >= 11 is 0. The molecule has 0 aromatic heterocycles. The normalized spacial score (nSPS) is 15.4. The van der Waals surface area contributed by atoms with Crippen molar-refractivity contribution in [1.82, 2.24) is 10.2 Å². The maximum Gasteiger partial charge on any atom is 0.317 e. The summed E-state index contributed by atoms with van der Waals surface area (Å²) in [7, 11) is 1.78. The average molecular weight is 276 g/mol. The number of hydrogen-bond donors (Lipinski definition) is 2. The molecule has 1 aromatic rings. The first kappa shape index (κ1) is 14.4. The van der Waals surface area contributed by atoms with Crippen LogP contribution in [-0.2, 0) is 4.79 Å². The third-order valence-corrected chi connectivity index (χ3v) is 3.56. The number of rotatable bonds is 6. The van der Waals surface area contributed by atoms with Crippen molar-refractivity contribution in [2.45, 2.75) is 37.8 Å². The number of benzene rings is 1. The van der Waals surface area contributed by atoms with Gasteiger partial charge in [-0.05, 0) is 24.8 Å². The summed E-state index contributed by atoms with van der Waals surface area (Å²) in [5, 5.41) is 11.8. The smallest absolute Gasteiger partial charge is 0.317 e. The largest absolute Gasteiger partial charge is 0.481 e. The van der Waals surface area contributed by atoms with E-state index in [1.165, 1.54) is 0 Å². The van der Waals surface area contributed by atoms with Crippen LogP contribution in [0.25, 0.3) is 0 Å². The van der Waals surface area contributed by atoms with Gasteiger partial charge in [0.25, 0.3) is 0 Å². The molecule has 5 nitrogen and oxygen atoms in total. The molecule has 2 rings (SSSR count). The highest BCUT2D eigenvalue weighted by molar-refractivity contribution is 5.75. The van der Waals surface area contributed by atoms with E-state index in [1.807, 2.05) is 30.3 Å². The summed E-state index contributed by atoms with van der Waals surface area (Å²) in [6.45, 7) is 0. The van der Waals surface area contributed by atoms with Crippen LogP contribution in [0.5, 0.6) is 0 Å². The standard InChI is InChI=1S/C15H20N2O3/c1-17(12-7-8-12)15(20)16-13(9-10-14(18)19)11-5-3-2-4-6-11/h2-6,12-13H,7-10H2,1H3,(H,16,20)(H,18,19). The van der Waals surface area contributed by atoms with E-state index < -0.39 is 5.97 Å². The number of carboxylic acid groups (broad SMARTS) is 1. The second-order valence-electron chi connectivity index (χ2n) is 5.19. The van der Waals surface area contributed by atoms with Gasteiger partial charge in [-0.25, -0.2) is 4.79 Å². The Labute approximate surface area is 118 Å². The highest BCUT2D eigenvalue weighted by Gasteiger charge is 2.30. The summed E-state index contributed by atoms with van der Waals surface area (Å²) in [4.78, 5) is 24.6. The van der Waals surface area contributed by atoms with Gasteiger partial charge in [0.05, 0.1) is 6.04 Å². The molecule has 0 saturated heterocycles. The van der Waals surface area contributed by atoms with Crippen molar-refractivity contribution < 1.29 is 14.7 Å². The number of amides is 2. The quantitative estimate of drug-likeness (QED) is 0.838. The van der Waals surface area contributed by atoms with E-state index in [9.17, 15) is 9.59 Å². The van der Waals surface area contributed by atoms with E-state index in [0.717, 1.165) is 18.4 Å². The zero-order chi connectivity index (χ0) is 14.5. The molecule has 1 atom stereocenters. The fourth-order valence-electron chi connectivity index (χ4n) is 2.15. The Hall–Kier alpha value is -2.04. The Bertz CT molecular complexity index is 471. The summed E-state index contributed by atoms with van der Waals surface area (Å²) in [5.74, 6) is -0.851. The number of urea groups is 1. The fourth-order valence-corrected chi connectivity index (χ4v) is 2.15. The molecule has 1 saturated carbocycles. The molecule has 1 aromatic carbocycles. The lowest BCUT2D eigenvalue weighted by Gasteiger charge is -2.23. The maximum absolute atomic E-state index is 12.1.